The zero-order valence-corrected chi connectivity index (χ0v) is 10.6. The third-order valence-electron chi connectivity index (χ3n) is 2.76. The molecule has 0 unspecified atom stereocenters. The fourth-order valence-corrected chi connectivity index (χ4v) is 1.70. The van der Waals surface area contributed by atoms with Crippen LogP contribution in [0.1, 0.15) is 16.1 Å². The Bertz CT molecular complexity index is 659. The summed E-state index contributed by atoms with van der Waals surface area (Å²) in [5, 5.41) is 11.3. The van der Waals surface area contributed by atoms with E-state index in [-0.39, 0.29) is 12.0 Å². The lowest BCUT2D eigenvalue weighted by Crippen LogP contribution is -2.42. The second-order valence-corrected chi connectivity index (χ2v) is 4.27. The number of nitrogens with one attached hydrogen (secondary N) is 2. The van der Waals surface area contributed by atoms with Gasteiger partial charge in [0.15, 0.2) is 11.6 Å². The number of carboxylic acid groups (broad SMARTS) is 1. The largest absolute Gasteiger partial charge is 0.480 e. The van der Waals surface area contributed by atoms with E-state index < -0.39 is 29.6 Å². The van der Waals surface area contributed by atoms with E-state index in [2.05, 4.69) is 15.3 Å². The molecule has 2 rings (SSSR count). The molecular weight excluding hydrogens is 284 g/mol. The zero-order chi connectivity index (χ0) is 15.4. The SMILES string of the molecule is O=C(N[C@H](Cc1cnc[nH]1)C(=O)O)c1ccc(F)c(F)c1. The highest BCUT2D eigenvalue weighted by Gasteiger charge is 2.22. The minimum atomic E-state index is -1.25. The van der Waals surface area contributed by atoms with E-state index in [1.807, 2.05) is 0 Å². The number of amides is 1. The number of aromatic amines is 1. The molecule has 0 aliphatic rings. The molecule has 8 heteroatoms. The van der Waals surface area contributed by atoms with Gasteiger partial charge in [0.1, 0.15) is 6.04 Å². The molecule has 0 spiro atoms. The lowest BCUT2D eigenvalue weighted by molar-refractivity contribution is -0.139. The Balaban J connectivity index is 2.10. The van der Waals surface area contributed by atoms with Gasteiger partial charge in [0.05, 0.1) is 6.33 Å². The van der Waals surface area contributed by atoms with Crippen molar-refractivity contribution >= 4 is 11.9 Å². The van der Waals surface area contributed by atoms with E-state index in [9.17, 15) is 18.4 Å². The van der Waals surface area contributed by atoms with Gasteiger partial charge in [-0.3, -0.25) is 4.79 Å². The topological polar surface area (TPSA) is 95.1 Å². The maximum atomic E-state index is 13.1. The summed E-state index contributed by atoms with van der Waals surface area (Å²) < 4.78 is 25.8. The summed E-state index contributed by atoms with van der Waals surface area (Å²) in [5.74, 6) is -4.32. The number of hydrogen-bond acceptors (Lipinski definition) is 3. The van der Waals surface area contributed by atoms with E-state index in [0.29, 0.717) is 11.8 Å². The summed E-state index contributed by atoms with van der Waals surface area (Å²) in [6.07, 6.45) is 2.80. The van der Waals surface area contributed by atoms with Crippen LogP contribution in [0.5, 0.6) is 0 Å². The van der Waals surface area contributed by atoms with Crippen LogP contribution in [0.25, 0.3) is 0 Å². The number of aromatic nitrogens is 2. The van der Waals surface area contributed by atoms with Gasteiger partial charge in [0.2, 0.25) is 0 Å². The van der Waals surface area contributed by atoms with Crippen molar-refractivity contribution in [1.82, 2.24) is 15.3 Å². The number of carbonyl (C=O) groups excluding carboxylic acids is 1. The van der Waals surface area contributed by atoms with Gasteiger partial charge in [0.25, 0.3) is 5.91 Å². The van der Waals surface area contributed by atoms with Crippen molar-refractivity contribution in [2.75, 3.05) is 0 Å². The first-order chi connectivity index (χ1) is 9.97. The Kier molecular flexibility index (Phi) is 4.27. The molecule has 1 atom stereocenters. The van der Waals surface area contributed by atoms with Crippen LogP contribution in [-0.4, -0.2) is 33.0 Å². The molecule has 110 valence electrons. The van der Waals surface area contributed by atoms with Crippen LogP contribution in [0.15, 0.2) is 30.7 Å². The summed E-state index contributed by atoms with van der Waals surface area (Å²) in [6, 6.07) is 1.36. The van der Waals surface area contributed by atoms with E-state index in [0.717, 1.165) is 12.1 Å². The highest BCUT2D eigenvalue weighted by Crippen LogP contribution is 2.09. The molecule has 0 saturated heterocycles. The third kappa shape index (κ3) is 3.62. The number of halogens is 2. The molecule has 0 radical (unpaired) electrons. The highest BCUT2D eigenvalue weighted by atomic mass is 19.2. The van der Waals surface area contributed by atoms with Gasteiger partial charge < -0.3 is 15.4 Å². The molecule has 2 aromatic rings. The molecule has 1 amide bonds. The summed E-state index contributed by atoms with van der Waals surface area (Å²) in [7, 11) is 0. The van der Waals surface area contributed by atoms with Gasteiger partial charge in [-0.25, -0.2) is 18.6 Å². The minimum Gasteiger partial charge on any atom is -0.480 e. The number of hydrogen-bond donors (Lipinski definition) is 3. The molecule has 21 heavy (non-hydrogen) atoms. The Hall–Kier alpha value is -2.77. The minimum absolute atomic E-state index is 0.00918. The van der Waals surface area contributed by atoms with Gasteiger partial charge in [-0.15, -0.1) is 0 Å². The van der Waals surface area contributed by atoms with E-state index in [1.54, 1.807) is 0 Å². The molecule has 0 fully saturated rings. The number of H-pyrrole nitrogens is 1. The van der Waals surface area contributed by atoms with Crippen molar-refractivity contribution in [2.45, 2.75) is 12.5 Å². The Morgan fingerprint density at radius 1 is 1.33 bits per heavy atom. The maximum Gasteiger partial charge on any atom is 0.326 e. The molecule has 0 bridgehead atoms. The van der Waals surface area contributed by atoms with Crippen molar-refractivity contribution in [2.24, 2.45) is 0 Å². The second-order valence-electron chi connectivity index (χ2n) is 4.27. The third-order valence-corrected chi connectivity index (χ3v) is 2.76. The predicted octanol–water partition coefficient (Wildman–Crippen LogP) is 1.11. The molecule has 6 nitrogen and oxygen atoms in total. The summed E-state index contributed by atoms with van der Waals surface area (Å²) in [4.78, 5) is 29.5. The monoisotopic (exact) mass is 295 g/mol. The normalized spacial score (nSPS) is 11.9. The van der Waals surface area contributed by atoms with E-state index in [4.69, 9.17) is 5.11 Å². The Morgan fingerprint density at radius 3 is 2.67 bits per heavy atom. The second kappa shape index (κ2) is 6.12. The van der Waals surface area contributed by atoms with Crippen LogP contribution in [0, 0.1) is 11.6 Å². The Labute approximate surface area is 117 Å². The summed E-state index contributed by atoms with van der Waals surface area (Å²) in [5.41, 5.74) is 0.359. The van der Waals surface area contributed by atoms with Crippen molar-refractivity contribution < 1.29 is 23.5 Å². The highest BCUT2D eigenvalue weighted by molar-refractivity contribution is 5.96. The number of imidazole rings is 1. The maximum absolute atomic E-state index is 13.1. The lowest BCUT2D eigenvalue weighted by atomic mass is 10.1. The molecular formula is C13H11F2N3O3. The average molecular weight is 295 g/mol. The van der Waals surface area contributed by atoms with E-state index in [1.165, 1.54) is 12.5 Å². The number of benzene rings is 1. The van der Waals surface area contributed by atoms with E-state index >= 15 is 0 Å². The number of carbonyl (C=O) groups is 2. The van der Waals surface area contributed by atoms with Crippen LogP contribution in [0.4, 0.5) is 8.78 Å². The molecule has 1 aromatic heterocycles. The van der Waals surface area contributed by atoms with Crippen LogP contribution in [-0.2, 0) is 11.2 Å². The predicted molar refractivity (Wildman–Crippen MR) is 67.5 cm³/mol. The molecule has 0 saturated carbocycles. The summed E-state index contributed by atoms with van der Waals surface area (Å²) >= 11 is 0. The molecule has 0 aliphatic heterocycles. The first kappa shape index (κ1) is 14.6. The fraction of sp³-hybridized carbons (Fsp3) is 0.154. The van der Waals surface area contributed by atoms with Crippen molar-refractivity contribution in [3.05, 3.63) is 53.6 Å². The number of rotatable bonds is 5. The van der Waals surface area contributed by atoms with Gasteiger partial charge in [-0.05, 0) is 18.2 Å². The Morgan fingerprint density at radius 2 is 2.10 bits per heavy atom. The fourth-order valence-electron chi connectivity index (χ4n) is 1.70. The number of nitrogens with zero attached hydrogens (tertiary/aromatic N) is 1. The zero-order valence-electron chi connectivity index (χ0n) is 10.6. The van der Waals surface area contributed by atoms with Crippen LogP contribution in [0.3, 0.4) is 0 Å². The molecule has 0 aliphatic carbocycles. The molecule has 1 aromatic carbocycles. The van der Waals surface area contributed by atoms with Crippen LogP contribution >= 0.6 is 0 Å². The average Bonchev–Trinajstić information content (AvgIpc) is 2.93. The first-order valence-electron chi connectivity index (χ1n) is 5.93. The van der Waals surface area contributed by atoms with Crippen molar-refractivity contribution in [1.29, 1.82) is 0 Å². The van der Waals surface area contributed by atoms with Crippen LogP contribution in [0.2, 0.25) is 0 Å². The number of aliphatic carboxylic acids is 1. The smallest absolute Gasteiger partial charge is 0.326 e. The summed E-state index contributed by atoms with van der Waals surface area (Å²) in [6.45, 7) is 0. The number of carboxylic acids is 1. The molecule has 3 N–H and O–H groups in total. The van der Waals surface area contributed by atoms with Gasteiger partial charge in [-0.1, -0.05) is 0 Å². The quantitative estimate of drug-likeness (QED) is 0.770. The first-order valence-corrected chi connectivity index (χ1v) is 5.93. The van der Waals surface area contributed by atoms with Gasteiger partial charge >= 0.3 is 5.97 Å². The van der Waals surface area contributed by atoms with Gasteiger partial charge in [-0.2, -0.15) is 0 Å². The lowest BCUT2D eigenvalue weighted by Gasteiger charge is -2.13. The molecule has 1 heterocycles. The van der Waals surface area contributed by atoms with Gasteiger partial charge in [0, 0.05) is 23.9 Å². The van der Waals surface area contributed by atoms with Crippen molar-refractivity contribution in [3.8, 4) is 0 Å². The van der Waals surface area contributed by atoms with Crippen LogP contribution < -0.4 is 5.32 Å². The standard InChI is InChI=1S/C13H11F2N3O3/c14-9-2-1-7(3-10(9)15)12(19)18-11(13(20)21)4-8-5-16-6-17-8/h1-3,5-6,11H,4H2,(H,16,17)(H,18,19)(H,20,21)/t11-/m1/s1. The van der Waals surface area contributed by atoms with Crippen molar-refractivity contribution in [3.63, 3.8) is 0 Å².